The summed E-state index contributed by atoms with van der Waals surface area (Å²) in [5.41, 5.74) is 22.7. The lowest BCUT2D eigenvalue weighted by molar-refractivity contribution is -0.137. The number of rotatable bonds is 14. The van der Waals surface area contributed by atoms with Gasteiger partial charge < -0.3 is 46.1 Å². The third-order valence-corrected chi connectivity index (χ3v) is 14.8. The van der Waals surface area contributed by atoms with E-state index in [0.717, 1.165) is 62.0 Å². The lowest BCUT2D eigenvalue weighted by Gasteiger charge is -2.28. The number of nitrogens with one attached hydrogen (secondary N) is 1. The van der Waals surface area contributed by atoms with Crippen molar-refractivity contribution in [1.82, 2.24) is 58.5 Å². The van der Waals surface area contributed by atoms with Gasteiger partial charge in [0.2, 0.25) is 5.91 Å². The molecular weight excluding hydrogens is 1160 g/mol. The van der Waals surface area contributed by atoms with Crippen molar-refractivity contribution in [1.29, 1.82) is 0 Å². The molecule has 2 aliphatic heterocycles. The van der Waals surface area contributed by atoms with Gasteiger partial charge in [-0.3, -0.25) is 29.1 Å². The van der Waals surface area contributed by atoms with Gasteiger partial charge in [-0.2, -0.15) is 23.7 Å². The Kier molecular flexibility index (Phi) is 20.4. The molecule has 6 atom stereocenters. The minimum atomic E-state index is -1.24. The van der Waals surface area contributed by atoms with Crippen molar-refractivity contribution < 1.29 is 43.3 Å². The summed E-state index contributed by atoms with van der Waals surface area (Å²) in [4.78, 5) is 67.7. The van der Waals surface area contributed by atoms with Crippen LogP contribution in [0.5, 0.6) is 0 Å². The number of fused-ring (bicyclic) bond motifs is 4. The van der Waals surface area contributed by atoms with Crippen molar-refractivity contribution in [3.05, 3.63) is 167 Å². The lowest BCUT2D eigenvalue weighted by Crippen LogP contribution is -2.45. The number of aliphatic hydroxyl groups is 2. The third kappa shape index (κ3) is 14.7. The van der Waals surface area contributed by atoms with Crippen molar-refractivity contribution in [2.24, 2.45) is 11.5 Å². The quantitative estimate of drug-likeness (QED) is 0.0733. The number of amides is 3. The maximum absolute atomic E-state index is 14.6. The Labute approximate surface area is 509 Å². The van der Waals surface area contributed by atoms with Crippen molar-refractivity contribution in [3.8, 4) is 22.3 Å². The maximum atomic E-state index is 14.6. The van der Waals surface area contributed by atoms with Crippen molar-refractivity contribution >= 4 is 92.7 Å². The first-order valence-electron chi connectivity index (χ1n) is 27.1. The molecule has 0 saturated carbocycles. The number of nitrogens with zero attached hydrogens (tertiary/aromatic N) is 11. The van der Waals surface area contributed by atoms with Gasteiger partial charge in [0.25, 0.3) is 11.8 Å². The summed E-state index contributed by atoms with van der Waals surface area (Å²) in [6, 6.07) is 25.2. The molecule has 8 N–H and O–H groups in total. The fourth-order valence-electron chi connectivity index (χ4n) is 10.9. The zero-order chi connectivity index (χ0) is 60.8. The van der Waals surface area contributed by atoms with Crippen LogP contribution in [0.25, 0.3) is 55.4 Å². The Morgan fingerprint density at radius 3 is 1.58 bits per heavy atom. The van der Waals surface area contributed by atoms with Crippen LogP contribution in [0, 0.1) is 27.7 Å². The molecule has 8 aromatic heterocycles. The molecule has 448 valence electrons. The van der Waals surface area contributed by atoms with E-state index in [4.69, 9.17) is 16.6 Å². The number of carboxylic acid groups (broad SMARTS) is 1. The maximum Gasteiger partial charge on any atom is 0.323 e. The number of nitrogens with two attached hydrogens (primary N) is 2. The molecule has 2 aromatic carbocycles. The van der Waals surface area contributed by atoms with Gasteiger partial charge in [-0.15, -0.1) is 0 Å². The predicted molar refractivity (Wildman–Crippen MR) is 331 cm³/mol. The molecule has 2 fully saturated rings. The Morgan fingerprint density at radius 2 is 1.13 bits per heavy atom. The second-order valence-electron chi connectivity index (χ2n) is 21.2. The van der Waals surface area contributed by atoms with Crippen LogP contribution in [-0.2, 0) is 57.9 Å². The van der Waals surface area contributed by atoms with Crippen LogP contribution in [-0.4, -0.2) is 142 Å². The summed E-state index contributed by atoms with van der Waals surface area (Å²) >= 11 is 7.33. The molecule has 21 nitrogen and oxygen atoms in total. The predicted octanol–water partition coefficient (Wildman–Crippen LogP) is 5.95. The number of carbonyl (C=O) groups is 4. The molecule has 3 amide bonds. The second kappa shape index (κ2) is 27.7. The van der Waals surface area contributed by atoms with E-state index in [1.807, 2.05) is 113 Å². The zero-order valence-corrected chi connectivity index (χ0v) is 49.9. The summed E-state index contributed by atoms with van der Waals surface area (Å²) in [6.45, 7) is 7.43. The van der Waals surface area contributed by atoms with Gasteiger partial charge in [0.05, 0.1) is 47.3 Å². The standard InChI is InChI=1S/C30H30FN7O3.C18H15N5O3.C12H17FN2O.S2.H2S/c1-17-4-3-5-22(34-17)11-27(39)26-10-21(31)14-37(26)29(40)16-36-15-24(30(32)41)23-9-19(6-7-25(23)36)20-12-33-28-8-18(2)35-38(28)13-20;1-10-4-16-20-6-12(7-23(16)21-10)11-2-3-15-13(5-11)14(18(19)26)8-22(15)9-17(24)25;1-8-3-2-4-10(15-8)6-12(16)11-5-9(13)7-14-11;1-2;/h3-9,12-13,15,21,26-27,39H,10-11,14,16H2,1-2H3,(H2,32,41);2-8H,9H2,1H3,(H2,19,26)(H,24,25);2-4,9,11-12,14,16H,5-7H2,1H3;;1H2/t21-,26+,27?;;9-,11+,12?;;/m1.1../s1. The fourth-order valence-corrected chi connectivity index (χ4v) is 10.9. The van der Waals surface area contributed by atoms with Crippen LogP contribution in [0.15, 0.2) is 122 Å². The normalized spacial score (nSPS) is 17.0. The molecule has 86 heavy (non-hydrogen) atoms. The number of aliphatic hydroxyl groups excluding tert-OH is 2. The van der Waals surface area contributed by atoms with Gasteiger partial charge in [-0.05, 0) is 93.8 Å². The number of likely N-dealkylation sites (tertiary alicyclic amines) is 1. The highest BCUT2D eigenvalue weighted by atomic mass is 32.8. The molecule has 10 heterocycles. The van der Waals surface area contributed by atoms with E-state index >= 15 is 0 Å². The molecule has 0 bridgehead atoms. The molecule has 2 saturated heterocycles. The summed E-state index contributed by atoms with van der Waals surface area (Å²) in [5.74, 6) is -2.58. The molecule has 0 aliphatic carbocycles. The topological polar surface area (TPSA) is 292 Å². The van der Waals surface area contributed by atoms with Crippen molar-refractivity contribution in [2.45, 2.75) is 103 Å². The number of carboxylic acids is 1. The summed E-state index contributed by atoms with van der Waals surface area (Å²) in [7, 11) is 0. The summed E-state index contributed by atoms with van der Waals surface area (Å²) < 4.78 is 34.0. The number of pyridine rings is 2. The second-order valence-corrected chi connectivity index (χ2v) is 21.2. The van der Waals surface area contributed by atoms with E-state index in [9.17, 15) is 38.2 Å². The van der Waals surface area contributed by atoms with E-state index in [0.29, 0.717) is 46.9 Å². The average Bonchev–Trinajstić information content (AvgIpc) is 2.09. The lowest BCUT2D eigenvalue weighted by atomic mass is 10.0. The van der Waals surface area contributed by atoms with Gasteiger partial charge in [-0.1, -0.05) is 24.3 Å². The highest BCUT2D eigenvalue weighted by Gasteiger charge is 2.40. The molecule has 0 radical (unpaired) electrons. The van der Waals surface area contributed by atoms with Crippen LogP contribution in [0.4, 0.5) is 8.78 Å². The highest BCUT2D eigenvalue weighted by Crippen LogP contribution is 2.32. The van der Waals surface area contributed by atoms with Crippen molar-refractivity contribution in [2.75, 3.05) is 13.1 Å². The average molecular weight is 1230 g/mol. The number of hydrogen-bond acceptors (Lipinski definition) is 15. The third-order valence-electron chi connectivity index (χ3n) is 14.8. The molecular formula is C60H64F2N14O7S3. The van der Waals surface area contributed by atoms with Gasteiger partial charge >= 0.3 is 5.97 Å². The first-order valence-corrected chi connectivity index (χ1v) is 28.5. The number of carbonyl (C=O) groups excluding carboxylic acids is 3. The smallest absolute Gasteiger partial charge is 0.323 e. The van der Waals surface area contributed by atoms with Gasteiger partial charge in [0, 0.05) is 159 Å². The summed E-state index contributed by atoms with van der Waals surface area (Å²) in [6.07, 6.45) is 7.76. The number of aliphatic carboxylic acids is 1. The van der Waals surface area contributed by atoms with Crippen molar-refractivity contribution in [3.63, 3.8) is 0 Å². The number of alkyl halides is 2. The van der Waals surface area contributed by atoms with E-state index in [-0.39, 0.29) is 69.0 Å². The molecule has 12 rings (SSSR count). The Balaban J connectivity index is 0.000000182. The van der Waals surface area contributed by atoms with Crippen LogP contribution < -0.4 is 16.8 Å². The molecule has 10 aromatic rings. The molecule has 0 spiro atoms. The van der Waals surface area contributed by atoms with E-state index in [2.05, 4.69) is 57.8 Å². The van der Waals surface area contributed by atoms with Gasteiger partial charge in [-0.25, -0.2) is 27.8 Å². The Bertz CT molecular complexity index is 4120. The number of aryl methyl sites for hydroxylation is 4. The zero-order valence-electron chi connectivity index (χ0n) is 47.3. The van der Waals surface area contributed by atoms with Crippen LogP contribution >= 0.6 is 13.5 Å². The number of hydrogen-bond donors (Lipinski definition) is 6. The monoisotopic (exact) mass is 1230 g/mol. The van der Waals surface area contributed by atoms with Gasteiger partial charge in [0.1, 0.15) is 25.4 Å². The SMILES string of the molecule is Cc1cc2ncc(-c3ccc4c(c3)c(C(N)=O)cn4CC(=O)O)cn2n1.Cc1cccc(CC(O)[C@@H]2C[C@@H](F)CN2)n1.Cc1cccc(CC(O)[C@@H]2C[C@@H](F)CN2C(=O)Cn2cc(C(N)=O)c3cc(-c4cnc5cc(C)nn5c4)ccc32)n1.S.S=S. The van der Waals surface area contributed by atoms with E-state index < -0.39 is 48.4 Å². The number of halogens is 2. The Morgan fingerprint density at radius 1 is 0.640 bits per heavy atom. The number of aromatic nitrogens is 10. The fraction of sp³-hybridized carbons (Fsp3) is 0.300. The van der Waals surface area contributed by atoms with Crippen LogP contribution in [0.2, 0.25) is 0 Å². The Hall–Kier alpha value is -8.53. The van der Waals surface area contributed by atoms with E-state index in [1.54, 1.807) is 44.3 Å². The largest absolute Gasteiger partial charge is 0.480 e. The first-order chi connectivity index (χ1) is 40.7. The van der Waals surface area contributed by atoms with E-state index in [1.165, 1.54) is 15.7 Å². The molecule has 2 aliphatic rings. The van der Waals surface area contributed by atoms with Crippen LogP contribution in [0.3, 0.4) is 0 Å². The first kappa shape index (κ1) is 63.5. The minimum Gasteiger partial charge on any atom is -0.480 e. The molecule has 26 heteroatoms. The summed E-state index contributed by atoms with van der Waals surface area (Å²) in [5, 5.41) is 42.9. The minimum absolute atomic E-state index is 0. The highest BCUT2D eigenvalue weighted by molar-refractivity contribution is 8.07. The number of primary amides is 2. The van der Waals surface area contributed by atoms with Crippen LogP contribution in [0.1, 0.15) is 67.7 Å². The number of benzene rings is 2. The molecule has 2 unspecified atom stereocenters. The van der Waals surface area contributed by atoms with Gasteiger partial charge in [0.15, 0.2) is 11.3 Å².